The Morgan fingerprint density at radius 1 is 1.32 bits per heavy atom. The molecular weight excluding hydrogens is 289 g/mol. The van der Waals surface area contributed by atoms with Gasteiger partial charge in [0, 0.05) is 0 Å². The molecule has 0 aromatic heterocycles. The van der Waals surface area contributed by atoms with E-state index >= 15 is 0 Å². The van der Waals surface area contributed by atoms with Crippen LogP contribution in [0.1, 0.15) is 31.4 Å². The van der Waals surface area contributed by atoms with Crippen molar-refractivity contribution >= 4 is 24.0 Å². The van der Waals surface area contributed by atoms with Gasteiger partial charge >= 0.3 is 0 Å². The highest BCUT2D eigenvalue weighted by Gasteiger charge is 2.22. The van der Waals surface area contributed by atoms with Gasteiger partial charge in [-0.05, 0) is 18.1 Å². The highest BCUT2D eigenvalue weighted by molar-refractivity contribution is 6.33. The zero-order valence-electron chi connectivity index (χ0n) is 11.4. The predicted octanol–water partition coefficient (Wildman–Crippen LogP) is 2.94. The van der Waals surface area contributed by atoms with Crippen molar-refractivity contribution < 1.29 is 14.6 Å². The zero-order chi connectivity index (χ0) is 13.7. The van der Waals surface area contributed by atoms with E-state index in [0.29, 0.717) is 28.5 Å². The molecule has 110 valence electrons. The number of rotatable bonds is 6. The molecule has 0 aliphatic rings. The number of halogens is 2. The van der Waals surface area contributed by atoms with Crippen LogP contribution < -0.4 is 15.2 Å². The molecule has 6 heteroatoms. The molecule has 19 heavy (non-hydrogen) atoms. The maximum atomic E-state index is 9.93. The smallest absolute Gasteiger partial charge is 0.179 e. The van der Waals surface area contributed by atoms with Crippen molar-refractivity contribution in [2.24, 2.45) is 5.73 Å². The van der Waals surface area contributed by atoms with Crippen LogP contribution in [-0.2, 0) is 0 Å². The Hall–Kier alpha value is -0.680. The lowest BCUT2D eigenvalue weighted by Gasteiger charge is -2.21. The summed E-state index contributed by atoms with van der Waals surface area (Å²) in [6.45, 7) is 1.99. The molecule has 0 fully saturated rings. The van der Waals surface area contributed by atoms with Crippen molar-refractivity contribution in [3.05, 3.63) is 22.7 Å². The standard InChI is InChI=1S/C13H20ClNO3.ClH/c1-4-5-9(16)12(15)8-6-7-10(17-2)13(18-3)11(8)14;/h6-7,9,12,16H,4-5,15H2,1-3H3;1H/t9-,12+;/m1./s1. The van der Waals surface area contributed by atoms with Crippen LogP contribution >= 0.6 is 24.0 Å². The summed E-state index contributed by atoms with van der Waals surface area (Å²) in [5.41, 5.74) is 6.67. The first-order valence-electron chi connectivity index (χ1n) is 5.90. The maximum Gasteiger partial charge on any atom is 0.179 e. The van der Waals surface area contributed by atoms with Crippen molar-refractivity contribution in [3.8, 4) is 11.5 Å². The Balaban J connectivity index is 0.00000324. The normalized spacial score (nSPS) is 13.4. The lowest BCUT2D eigenvalue weighted by molar-refractivity contribution is 0.134. The molecule has 0 aliphatic heterocycles. The third kappa shape index (κ3) is 4.14. The van der Waals surface area contributed by atoms with Crippen molar-refractivity contribution in [1.29, 1.82) is 0 Å². The second-order valence-electron chi connectivity index (χ2n) is 4.09. The first-order chi connectivity index (χ1) is 8.56. The average Bonchev–Trinajstić information content (AvgIpc) is 2.37. The predicted molar refractivity (Wildman–Crippen MR) is 79.6 cm³/mol. The van der Waals surface area contributed by atoms with E-state index in [1.54, 1.807) is 19.2 Å². The quantitative estimate of drug-likeness (QED) is 0.848. The molecule has 0 spiro atoms. The fourth-order valence-electron chi connectivity index (χ4n) is 1.84. The molecule has 3 N–H and O–H groups in total. The molecule has 0 radical (unpaired) electrons. The van der Waals surface area contributed by atoms with Crippen LogP contribution in [0.15, 0.2) is 12.1 Å². The largest absolute Gasteiger partial charge is 0.493 e. The summed E-state index contributed by atoms with van der Waals surface area (Å²) >= 11 is 6.24. The highest BCUT2D eigenvalue weighted by Crippen LogP contribution is 2.39. The highest BCUT2D eigenvalue weighted by atomic mass is 35.5. The minimum absolute atomic E-state index is 0. The Morgan fingerprint density at radius 2 is 1.95 bits per heavy atom. The summed E-state index contributed by atoms with van der Waals surface area (Å²) in [7, 11) is 3.06. The minimum atomic E-state index is -0.620. The van der Waals surface area contributed by atoms with Crippen molar-refractivity contribution in [1.82, 2.24) is 0 Å². The Morgan fingerprint density at radius 3 is 2.42 bits per heavy atom. The van der Waals surface area contributed by atoms with E-state index in [9.17, 15) is 5.11 Å². The van der Waals surface area contributed by atoms with Gasteiger partial charge in [0.2, 0.25) is 0 Å². The lowest BCUT2D eigenvalue weighted by Crippen LogP contribution is -2.26. The van der Waals surface area contributed by atoms with E-state index in [-0.39, 0.29) is 12.4 Å². The number of aliphatic hydroxyl groups is 1. The van der Waals surface area contributed by atoms with E-state index in [1.165, 1.54) is 7.11 Å². The summed E-state index contributed by atoms with van der Waals surface area (Å²) in [4.78, 5) is 0. The van der Waals surface area contributed by atoms with Gasteiger partial charge in [-0.25, -0.2) is 0 Å². The van der Waals surface area contributed by atoms with Gasteiger partial charge in [0.1, 0.15) is 0 Å². The van der Waals surface area contributed by atoms with Gasteiger partial charge in [-0.2, -0.15) is 0 Å². The molecule has 1 rings (SSSR count). The van der Waals surface area contributed by atoms with Gasteiger partial charge in [0.25, 0.3) is 0 Å². The van der Waals surface area contributed by atoms with Gasteiger partial charge < -0.3 is 20.3 Å². The van der Waals surface area contributed by atoms with E-state index in [0.717, 1.165) is 6.42 Å². The van der Waals surface area contributed by atoms with Crippen LogP contribution in [0.4, 0.5) is 0 Å². The van der Waals surface area contributed by atoms with Crippen LogP contribution in [-0.4, -0.2) is 25.4 Å². The third-order valence-corrected chi connectivity index (χ3v) is 3.26. The maximum absolute atomic E-state index is 9.93. The molecule has 0 unspecified atom stereocenters. The number of hydrogen-bond donors (Lipinski definition) is 2. The van der Waals surface area contributed by atoms with E-state index in [1.807, 2.05) is 6.92 Å². The lowest BCUT2D eigenvalue weighted by atomic mass is 9.98. The Labute approximate surface area is 125 Å². The van der Waals surface area contributed by atoms with Crippen LogP contribution in [0.2, 0.25) is 5.02 Å². The SMILES string of the molecule is CCC[C@@H](O)[C@@H](N)c1ccc(OC)c(OC)c1Cl.Cl. The van der Waals surface area contributed by atoms with Gasteiger partial charge in [-0.1, -0.05) is 31.0 Å². The second kappa shape index (κ2) is 8.48. The molecule has 0 saturated carbocycles. The number of benzene rings is 1. The summed E-state index contributed by atoms with van der Waals surface area (Å²) in [5, 5.41) is 10.3. The fourth-order valence-corrected chi connectivity index (χ4v) is 2.20. The molecule has 0 aliphatic carbocycles. The van der Waals surface area contributed by atoms with Crippen LogP contribution in [0.5, 0.6) is 11.5 Å². The number of hydrogen-bond acceptors (Lipinski definition) is 4. The van der Waals surface area contributed by atoms with Crippen LogP contribution in [0.3, 0.4) is 0 Å². The van der Waals surface area contributed by atoms with E-state index in [4.69, 9.17) is 26.8 Å². The first kappa shape index (κ1) is 18.3. The first-order valence-corrected chi connectivity index (χ1v) is 6.28. The van der Waals surface area contributed by atoms with Crippen molar-refractivity contribution in [2.75, 3.05) is 14.2 Å². The Kier molecular flexibility index (Phi) is 8.18. The van der Waals surface area contributed by atoms with Gasteiger partial charge in [0.15, 0.2) is 11.5 Å². The molecular formula is C13H21Cl2NO3. The molecule has 0 heterocycles. The molecule has 1 aromatic rings. The zero-order valence-corrected chi connectivity index (χ0v) is 12.9. The molecule has 2 atom stereocenters. The summed E-state index contributed by atoms with van der Waals surface area (Å²) < 4.78 is 10.4. The Bertz CT molecular complexity index is 402. The van der Waals surface area contributed by atoms with Crippen molar-refractivity contribution in [2.45, 2.75) is 31.9 Å². The van der Waals surface area contributed by atoms with Gasteiger partial charge in [-0.15, -0.1) is 12.4 Å². The summed E-state index contributed by atoms with van der Waals surface area (Å²) in [6, 6.07) is 2.96. The number of ether oxygens (including phenoxy) is 2. The van der Waals surface area contributed by atoms with Crippen molar-refractivity contribution in [3.63, 3.8) is 0 Å². The summed E-state index contributed by atoms with van der Waals surface area (Å²) in [6.07, 6.45) is 0.872. The third-order valence-electron chi connectivity index (χ3n) is 2.87. The number of aliphatic hydroxyl groups excluding tert-OH is 1. The molecule has 1 aromatic carbocycles. The molecule has 4 nitrogen and oxygen atoms in total. The number of methoxy groups -OCH3 is 2. The van der Waals surface area contributed by atoms with Gasteiger partial charge in [0.05, 0.1) is 31.4 Å². The topological polar surface area (TPSA) is 64.7 Å². The fraction of sp³-hybridized carbons (Fsp3) is 0.538. The van der Waals surface area contributed by atoms with E-state index < -0.39 is 12.1 Å². The second-order valence-corrected chi connectivity index (χ2v) is 4.46. The van der Waals surface area contributed by atoms with Gasteiger partial charge in [-0.3, -0.25) is 0 Å². The monoisotopic (exact) mass is 309 g/mol. The minimum Gasteiger partial charge on any atom is -0.493 e. The van der Waals surface area contributed by atoms with Crippen LogP contribution in [0.25, 0.3) is 0 Å². The molecule has 0 bridgehead atoms. The van der Waals surface area contributed by atoms with Crippen LogP contribution in [0, 0.1) is 0 Å². The molecule has 0 saturated heterocycles. The van der Waals surface area contributed by atoms with E-state index in [2.05, 4.69) is 0 Å². The average molecular weight is 310 g/mol. The number of nitrogens with two attached hydrogens (primary N) is 1. The molecule has 0 amide bonds. The summed E-state index contributed by atoms with van der Waals surface area (Å²) in [5.74, 6) is 0.985.